The second-order valence-corrected chi connectivity index (χ2v) is 9.03. The van der Waals surface area contributed by atoms with Gasteiger partial charge >= 0.3 is 0 Å². The first kappa shape index (κ1) is 24.8. The van der Waals surface area contributed by atoms with E-state index in [1.165, 1.54) is 23.3 Å². The largest absolute Gasteiger partial charge is 0.379 e. The summed E-state index contributed by atoms with van der Waals surface area (Å²) < 4.78 is 21.3. The van der Waals surface area contributed by atoms with E-state index in [2.05, 4.69) is 46.5 Å². The standard InChI is InChI=1S/C28H33FN4O2/c1-20-7-9-23(10-8-20)19-33-22(3)26(21(2)31-33)11-12-28(34)30-18-27(32-13-15-35-16-14-32)24-5-4-6-25(29)17-24/h4-12,17,27H,13-16,18-19H2,1-3H3,(H,30,34)/b12-11+. The number of carbonyl (C=O) groups is 1. The van der Waals surface area contributed by atoms with Gasteiger partial charge in [-0.05, 0) is 50.1 Å². The summed E-state index contributed by atoms with van der Waals surface area (Å²) in [6.07, 6.45) is 3.37. The summed E-state index contributed by atoms with van der Waals surface area (Å²) in [4.78, 5) is 14.9. The lowest BCUT2D eigenvalue weighted by atomic mass is 10.0. The molecule has 1 aliphatic rings. The maximum atomic E-state index is 13.9. The minimum atomic E-state index is -0.277. The number of aromatic nitrogens is 2. The number of morpholine rings is 1. The van der Waals surface area contributed by atoms with Gasteiger partial charge in [-0.1, -0.05) is 42.0 Å². The van der Waals surface area contributed by atoms with Crippen LogP contribution in [0.4, 0.5) is 4.39 Å². The molecule has 0 spiro atoms. The van der Waals surface area contributed by atoms with Crippen molar-refractivity contribution in [1.29, 1.82) is 0 Å². The van der Waals surface area contributed by atoms with Crippen LogP contribution < -0.4 is 5.32 Å². The normalized spacial score (nSPS) is 15.4. The fraction of sp³-hybridized carbons (Fsp3) is 0.357. The van der Waals surface area contributed by atoms with Crippen molar-refractivity contribution in [2.75, 3.05) is 32.8 Å². The topological polar surface area (TPSA) is 59.4 Å². The number of halogens is 1. The molecule has 0 bridgehead atoms. The Labute approximate surface area is 206 Å². The number of nitrogens with zero attached hydrogens (tertiary/aromatic N) is 3. The van der Waals surface area contributed by atoms with Gasteiger partial charge in [-0.25, -0.2) is 4.39 Å². The molecule has 0 aliphatic carbocycles. The van der Waals surface area contributed by atoms with Crippen LogP contribution in [-0.2, 0) is 16.1 Å². The summed E-state index contributed by atoms with van der Waals surface area (Å²) in [6.45, 7) is 9.85. The van der Waals surface area contributed by atoms with Crippen LogP contribution >= 0.6 is 0 Å². The second kappa shape index (κ2) is 11.4. The molecule has 6 nitrogen and oxygen atoms in total. The predicted molar refractivity (Wildman–Crippen MR) is 136 cm³/mol. The first-order valence-electron chi connectivity index (χ1n) is 12.0. The van der Waals surface area contributed by atoms with E-state index in [4.69, 9.17) is 4.74 Å². The van der Waals surface area contributed by atoms with Crippen molar-refractivity contribution in [2.24, 2.45) is 0 Å². The highest BCUT2D eigenvalue weighted by molar-refractivity contribution is 5.92. The zero-order chi connectivity index (χ0) is 24.8. The molecule has 35 heavy (non-hydrogen) atoms. The molecule has 2 aromatic carbocycles. The molecule has 4 rings (SSSR count). The van der Waals surface area contributed by atoms with E-state index in [-0.39, 0.29) is 17.8 Å². The molecule has 1 N–H and O–H groups in total. The minimum Gasteiger partial charge on any atom is -0.379 e. The molecule has 1 aliphatic heterocycles. The van der Waals surface area contributed by atoms with E-state index < -0.39 is 0 Å². The van der Waals surface area contributed by atoms with E-state index >= 15 is 0 Å². The summed E-state index contributed by atoms with van der Waals surface area (Å²) in [5.41, 5.74) is 6.09. The van der Waals surface area contributed by atoms with Crippen molar-refractivity contribution in [3.05, 3.63) is 94.1 Å². The third-order valence-electron chi connectivity index (χ3n) is 6.48. The average Bonchev–Trinajstić information content (AvgIpc) is 3.12. The molecular weight excluding hydrogens is 443 g/mol. The van der Waals surface area contributed by atoms with Crippen molar-refractivity contribution < 1.29 is 13.9 Å². The van der Waals surface area contributed by atoms with E-state index in [9.17, 15) is 9.18 Å². The number of benzene rings is 2. The van der Waals surface area contributed by atoms with Crippen molar-refractivity contribution in [1.82, 2.24) is 20.0 Å². The number of ether oxygens (including phenoxy) is 1. The van der Waals surface area contributed by atoms with Gasteiger partial charge in [0.2, 0.25) is 5.91 Å². The molecule has 2 heterocycles. The number of hydrogen-bond donors (Lipinski definition) is 1. The number of aryl methyl sites for hydroxylation is 2. The zero-order valence-corrected chi connectivity index (χ0v) is 20.6. The molecule has 1 atom stereocenters. The Morgan fingerprint density at radius 2 is 1.89 bits per heavy atom. The smallest absolute Gasteiger partial charge is 0.244 e. The van der Waals surface area contributed by atoms with Gasteiger partial charge in [0.15, 0.2) is 0 Å². The summed E-state index contributed by atoms with van der Waals surface area (Å²) in [6, 6.07) is 14.9. The van der Waals surface area contributed by atoms with Crippen molar-refractivity contribution in [3.8, 4) is 0 Å². The fourth-order valence-corrected chi connectivity index (χ4v) is 4.45. The maximum absolute atomic E-state index is 13.9. The lowest BCUT2D eigenvalue weighted by Crippen LogP contribution is -2.43. The van der Waals surface area contributed by atoms with Gasteiger partial charge in [-0.15, -0.1) is 0 Å². The highest BCUT2D eigenvalue weighted by atomic mass is 19.1. The number of amides is 1. The van der Waals surface area contributed by atoms with Gasteiger partial charge in [0.05, 0.1) is 31.5 Å². The number of carbonyl (C=O) groups excluding carboxylic acids is 1. The van der Waals surface area contributed by atoms with Crippen LogP contribution in [-0.4, -0.2) is 53.4 Å². The zero-order valence-electron chi connectivity index (χ0n) is 20.6. The first-order valence-corrected chi connectivity index (χ1v) is 12.0. The number of rotatable bonds is 8. The van der Waals surface area contributed by atoms with E-state index in [1.807, 2.05) is 30.7 Å². The lowest BCUT2D eigenvalue weighted by molar-refractivity contribution is -0.116. The van der Waals surface area contributed by atoms with Gasteiger partial charge in [0.25, 0.3) is 0 Å². The third-order valence-corrected chi connectivity index (χ3v) is 6.48. The predicted octanol–water partition coefficient (Wildman–Crippen LogP) is 4.20. The van der Waals surface area contributed by atoms with Gasteiger partial charge in [-0.3, -0.25) is 14.4 Å². The third kappa shape index (κ3) is 6.44. The molecule has 184 valence electrons. The van der Waals surface area contributed by atoms with Crippen molar-refractivity contribution in [2.45, 2.75) is 33.4 Å². The Balaban J connectivity index is 1.42. The lowest BCUT2D eigenvalue weighted by Gasteiger charge is -2.34. The molecule has 1 unspecified atom stereocenters. The molecule has 0 saturated carbocycles. The Kier molecular flexibility index (Phi) is 8.10. The van der Waals surface area contributed by atoms with Gasteiger partial charge < -0.3 is 10.1 Å². The van der Waals surface area contributed by atoms with Crippen molar-refractivity contribution in [3.63, 3.8) is 0 Å². The SMILES string of the molecule is Cc1ccc(Cn2nc(C)c(/C=C/C(=O)NCC(c3cccc(F)c3)N3CCOCC3)c2C)cc1. The molecule has 1 aromatic heterocycles. The minimum absolute atomic E-state index is 0.118. The van der Waals surface area contributed by atoms with Crippen LogP contribution in [0.2, 0.25) is 0 Å². The average molecular weight is 477 g/mol. The van der Waals surface area contributed by atoms with E-state index in [1.54, 1.807) is 12.1 Å². The molecule has 3 aromatic rings. The molecule has 1 saturated heterocycles. The van der Waals surface area contributed by atoms with Crippen LogP contribution in [0, 0.1) is 26.6 Å². The van der Waals surface area contributed by atoms with Gasteiger partial charge in [0, 0.05) is 37.0 Å². The molecular formula is C28H33FN4O2. The van der Waals surface area contributed by atoms with Crippen LogP contribution in [0.25, 0.3) is 6.08 Å². The van der Waals surface area contributed by atoms with Gasteiger partial charge in [-0.2, -0.15) is 5.10 Å². The molecule has 1 fully saturated rings. The summed E-state index contributed by atoms with van der Waals surface area (Å²) in [5, 5.41) is 7.67. The van der Waals surface area contributed by atoms with E-state index in [0.717, 1.165) is 35.6 Å². The monoisotopic (exact) mass is 476 g/mol. The Hall–Kier alpha value is -3.29. The summed E-state index contributed by atoms with van der Waals surface area (Å²) >= 11 is 0. The Morgan fingerprint density at radius 3 is 2.60 bits per heavy atom. The van der Waals surface area contributed by atoms with Crippen LogP contribution in [0.15, 0.2) is 54.6 Å². The van der Waals surface area contributed by atoms with Crippen LogP contribution in [0.3, 0.4) is 0 Å². The van der Waals surface area contributed by atoms with Gasteiger partial charge in [0.1, 0.15) is 5.82 Å². The summed E-state index contributed by atoms with van der Waals surface area (Å²) in [5.74, 6) is -0.467. The number of hydrogen-bond acceptors (Lipinski definition) is 4. The molecule has 7 heteroatoms. The Morgan fingerprint density at radius 1 is 1.14 bits per heavy atom. The highest BCUT2D eigenvalue weighted by Crippen LogP contribution is 2.22. The highest BCUT2D eigenvalue weighted by Gasteiger charge is 2.23. The number of nitrogens with one attached hydrogen (secondary N) is 1. The fourth-order valence-electron chi connectivity index (χ4n) is 4.45. The first-order chi connectivity index (χ1) is 16.9. The maximum Gasteiger partial charge on any atom is 0.244 e. The molecule has 0 radical (unpaired) electrons. The second-order valence-electron chi connectivity index (χ2n) is 9.03. The van der Waals surface area contributed by atoms with E-state index in [0.29, 0.717) is 26.3 Å². The van der Waals surface area contributed by atoms with Crippen LogP contribution in [0.1, 0.15) is 39.7 Å². The summed E-state index contributed by atoms with van der Waals surface area (Å²) in [7, 11) is 0. The quantitative estimate of drug-likeness (QED) is 0.495. The Bertz CT molecular complexity index is 1180. The van der Waals surface area contributed by atoms with Crippen LogP contribution in [0.5, 0.6) is 0 Å². The van der Waals surface area contributed by atoms with Crippen molar-refractivity contribution >= 4 is 12.0 Å². The molecule has 1 amide bonds.